The number of nitrogens with zero attached hydrogens (tertiary/aromatic N) is 2. The lowest BCUT2D eigenvalue weighted by Crippen LogP contribution is -2.30. The SMILES string of the molecule is Cc1ccc(C(C)(C)C)cc1-c1n(-c2ccccc2)c2cc(C(C)(C)C)ccc2[n+]1C. The molecular weight excluding hydrogens is 376 g/mol. The van der Waals surface area contributed by atoms with Crippen LogP contribution in [0.15, 0.2) is 66.7 Å². The summed E-state index contributed by atoms with van der Waals surface area (Å²) in [7, 11) is 2.19. The fraction of sp³-hybridized carbons (Fsp3) is 0.345. The normalized spacial score (nSPS) is 12.5. The van der Waals surface area contributed by atoms with Crippen molar-refractivity contribution in [2.45, 2.75) is 59.3 Å². The van der Waals surface area contributed by atoms with Crippen LogP contribution in [0.5, 0.6) is 0 Å². The maximum Gasteiger partial charge on any atom is 0.295 e. The van der Waals surface area contributed by atoms with Crippen LogP contribution in [0.2, 0.25) is 0 Å². The number of rotatable bonds is 2. The van der Waals surface area contributed by atoms with Crippen LogP contribution >= 0.6 is 0 Å². The van der Waals surface area contributed by atoms with Crippen LogP contribution in [0.1, 0.15) is 58.2 Å². The summed E-state index contributed by atoms with van der Waals surface area (Å²) in [6.07, 6.45) is 0. The largest absolute Gasteiger partial charge is 0.295 e. The topological polar surface area (TPSA) is 8.81 Å². The summed E-state index contributed by atoms with van der Waals surface area (Å²) < 4.78 is 4.78. The highest BCUT2D eigenvalue weighted by Crippen LogP contribution is 2.34. The molecule has 4 rings (SSSR count). The molecule has 0 saturated carbocycles. The van der Waals surface area contributed by atoms with Crippen molar-refractivity contribution in [3.05, 3.63) is 83.4 Å². The quantitative estimate of drug-likeness (QED) is 0.313. The molecule has 0 spiro atoms. The summed E-state index contributed by atoms with van der Waals surface area (Å²) in [4.78, 5) is 0. The van der Waals surface area contributed by atoms with Gasteiger partial charge in [0, 0.05) is 0 Å². The van der Waals surface area contributed by atoms with Crippen LogP contribution in [-0.2, 0) is 17.9 Å². The van der Waals surface area contributed by atoms with Gasteiger partial charge in [0.05, 0.1) is 12.6 Å². The van der Waals surface area contributed by atoms with Gasteiger partial charge in [-0.3, -0.25) is 0 Å². The highest BCUT2D eigenvalue weighted by atomic mass is 15.2. The maximum atomic E-state index is 2.43. The minimum absolute atomic E-state index is 0.0980. The number of fused-ring (bicyclic) bond motifs is 1. The van der Waals surface area contributed by atoms with E-state index in [0.717, 1.165) is 0 Å². The van der Waals surface area contributed by atoms with E-state index in [1.165, 1.54) is 44.8 Å². The smallest absolute Gasteiger partial charge is 0.225 e. The first-order valence-corrected chi connectivity index (χ1v) is 11.2. The highest BCUT2D eigenvalue weighted by Gasteiger charge is 2.29. The molecule has 0 bridgehead atoms. The zero-order chi connectivity index (χ0) is 22.6. The number of aryl methyl sites for hydroxylation is 2. The van der Waals surface area contributed by atoms with E-state index < -0.39 is 0 Å². The van der Waals surface area contributed by atoms with Crippen LogP contribution < -0.4 is 4.57 Å². The average Bonchev–Trinajstić information content (AvgIpc) is 2.99. The van der Waals surface area contributed by atoms with Crippen molar-refractivity contribution in [1.82, 2.24) is 4.57 Å². The van der Waals surface area contributed by atoms with E-state index in [1.54, 1.807) is 0 Å². The van der Waals surface area contributed by atoms with Gasteiger partial charge in [-0.1, -0.05) is 77.9 Å². The van der Waals surface area contributed by atoms with Crippen molar-refractivity contribution >= 4 is 11.0 Å². The average molecular weight is 412 g/mol. The number of para-hydroxylation sites is 1. The standard InChI is InChI=1S/C29H35N2/c1-20-14-15-21(28(2,3)4)18-24(20)27-30(8)25-17-16-22(29(5,6)7)19-26(25)31(27)23-12-10-9-11-13-23/h9-19H,1-8H3/q+1. The second kappa shape index (κ2) is 7.37. The third-order valence-corrected chi connectivity index (χ3v) is 6.33. The number of aromatic nitrogens is 2. The molecule has 0 saturated heterocycles. The molecule has 2 nitrogen and oxygen atoms in total. The highest BCUT2D eigenvalue weighted by molar-refractivity contribution is 5.80. The summed E-state index contributed by atoms with van der Waals surface area (Å²) in [5.74, 6) is 1.22. The first kappa shape index (κ1) is 21.4. The Hall–Kier alpha value is -2.87. The fourth-order valence-corrected chi connectivity index (χ4v) is 4.30. The summed E-state index contributed by atoms with van der Waals surface area (Å²) in [6.45, 7) is 15.9. The monoisotopic (exact) mass is 411 g/mol. The first-order chi connectivity index (χ1) is 14.5. The van der Waals surface area contributed by atoms with Gasteiger partial charge in [-0.2, -0.15) is 4.57 Å². The molecule has 1 aromatic heterocycles. The Morgan fingerprint density at radius 1 is 0.710 bits per heavy atom. The molecular formula is C29H35N2+. The molecule has 0 radical (unpaired) electrons. The van der Waals surface area contributed by atoms with Gasteiger partial charge in [0.25, 0.3) is 5.82 Å². The lowest BCUT2D eigenvalue weighted by molar-refractivity contribution is -0.633. The Morgan fingerprint density at radius 2 is 1.29 bits per heavy atom. The van der Waals surface area contributed by atoms with Gasteiger partial charge in [-0.15, -0.1) is 0 Å². The van der Waals surface area contributed by atoms with E-state index in [9.17, 15) is 0 Å². The van der Waals surface area contributed by atoms with E-state index in [-0.39, 0.29) is 10.8 Å². The van der Waals surface area contributed by atoms with Crippen LogP contribution in [0.3, 0.4) is 0 Å². The number of hydrogen-bond donors (Lipinski definition) is 0. The van der Waals surface area contributed by atoms with Gasteiger partial charge in [-0.25, -0.2) is 4.57 Å². The summed E-state index contributed by atoms with van der Waals surface area (Å²) in [5.41, 5.74) is 9.16. The fourth-order valence-electron chi connectivity index (χ4n) is 4.30. The molecule has 0 fully saturated rings. The Labute approximate surface area is 187 Å². The van der Waals surface area contributed by atoms with Crippen molar-refractivity contribution in [2.75, 3.05) is 0 Å². The molecule has 0 unspecified atom stereocenters. The molecule has 160 valence electrons. The van der Waals surface area contributed by atoms with Crippen LogP contribution in [0, 0.1) is 6.92 Å². The molecule has 0 amide bonds. The van der Waals surface area contributed by atoms with Gasteiger partial charge in [0.2, 0.25) is 0 Å². The molecule has 0 aliphatic heterocycles. The van der Waals surface area contributed by atoms with Gasteiger partial charge >= 0.3 is 0 Å². The van der Waals surface area contributed by atoms with Gasteiger partial charge in [0.15, 0.2) is 11.0 Å². The molecule has 2 heteroatoms. The molecule has 0 N–H and O–H groups in total. The second-order valence-corrected chi connectivity index (χ2v) is 10.8. The van der Waals surface area contributed by atoms with E-state index >= 15 is 0 Å². The number of hydrogen-bond acceptors (Lipinski definition) is 0. The van der Waals surface area contributed by atoms with Crippen molar-refractivity contribution in [2.24, 2.45) is 7.05 Å². The summed E-state index contributed by atoms with van der Waals surface area (Å²) in [6, 6.07) is 24.6. The maximum absolute atomic E-state index is 2.43. The lowest BCUT2D eigenvalue weighted by atomic mass is 9.85. The predicted octanol–water partition coefficient (Wildman–Crippen LogP) is 7.03. The van der Waals surface area contributed by atoms with Crippen molar-refractivity contribution in [3.8, 4) is 17.1 Å². The third-order valence-electron chi connectivity index (χ3n) is 6.33. The van der Waals surface area contributed by atoms with Crippen molar-refractivity contribution < 1.29 is 4.57 Å². The Bertz CT molecular complexity index is 1250. The Morgan fingerprint density at radius 3 is 1.90 bits per heavy atom. The summed E-state index contributed by atoms with van der Waals surface area (Å²) in [5, 5.41) is 0. The number of benzene rings is 3. The number of imidazole rings is 1. The minimum atomic E-state index is 0.0980. The van der Waals surface area contributed by atoms with Crippen molar-refractivity contribution in [3.63, 3.8) is 0 Å². The summed E-state index contributed by atoms with van der Waals surface area (Å²) >= 11 is 0. The molecule has 1 heterocycles. The van der Waals surface area contributed by atoms with Crippen LogP contribution in [0.25, 0.3) is 28.1 Å². The molecule has 0 aliphatic carbocycles. The van der Waals surface area contributed by atoms with Crippen LogP contribution in [-0.4, -0.2) is 4.57 Å². The molecule has 0 atom stereocenters. The first-order valence-electron chi connectivity index (χ1n) is 11.2. The second-order valence-electron chi connectivity index (χ2n) is 10.8. The van der Waals surface area contributed by atoms with Crippen LogP contribution in [0.4, 0.5) is 0 Å². The van der Waals surface area contributed by atoms with Gasteiger partial charge < -0.3 is 0 Å². The molecule has 31 heavy (non-hydrogen) atoms. The van der Waals surface area contributed by atoms with E-state index in [1.807, 2.05) is 0 Å². The van der Waals surface area contributed by atoms with Gasteiger partial charge in [0.1, 0.15) is 5.69 Å². The zero-order valence-electron chi connectivity index (χ0n) is 20.2. The third kappa shape index (κ3) is 3.80. The lowest BCUT2D eigenvalue weighted by Gasteiger charge is -2.20. The predicted molar refractivity (Wildman–Crippen MR) is 132 cm³/mol. The van der Waals surface area contributed by atoms with E-state index in [4.69, 9.17) is 0 Å². The Kier molecular flexibility index (Phi) is 5.08. The van der Waals surface area contributed by atoms with Crippen molar-refractivity contribution in [1.29, 1.82) is 0 Å². The molecule has 0 aliphatic rings. The van der Waals surface area contributed by atoms with E-state index in [0.29, 0.717) is 0 Å². The van der Waals surface area contributed by atoms with Gasteiger partial charge in [-0.05, 0) is 64.8 Å². The Balaban J connectivity index is 2.13. The molecule has 3 aromatic carbocycles. The zero-order valence-corrected chi connectivity index (χ0v) is 20.2. The minimum Gasteiger partial charge on any atom is -0.225 e. The van der Waals surface area contributed by atoms with E-state index in [2.05, 4.69) is 131 Å². The molecule has 4 aromatic rings.